The molecule has 164 valence electrons. The van der Waals surface area contributed by atoms with Gasteiger partial charge in [0, 0.05) is 17.4 Å². The second kappa shape index (κ2) is 9.84. The topological polar surface area (TPSA) is 94.1 Å². The van der Waals surface area contributed by atoms with Crippen molar-refractivity contribution in [3.8, 4) is 11.5 Å². The minimum atomic E-state index is -0.516. The molecule has 1 saturated heterocycles. The fourth-order valence-corrected chi connectivity index (χ4v) is 4.12. The van der Waals surface area contributed by atoms with Gasteiger partial charge in [-0.05, 0) is 25.8 Å². The van der Waals surface area contributed by atoms with Gasteiger partial charge in [0.05, 0.1) is 58.1 Å². The lowest BCUT2D eigenvalue weighted by molar-refractivity contribution is -0.907. The smallest absolute Gasteiger partial charge is 0.356 e. The zero-order chi connectivity index (χ0) is 21.7. The van der Waals surface area contributed by atoms with Crippen LogP contribution < -0.4 is 19.7 Å². The van der Waals surface area contributed by atoms with E-state index in [2.05, 4.69) is 17.2 Å². The number of ether oxygens (including phenoxy) is 3. The maximum Gasteiger partial charge on any atom is 0.356 e. The van der Waals surface area contributed by atoms with E-state index in [0.29, 0.717) is 40.4 Å². The average Bonchev–Trinajstić information content (AvgIpc) is 3.08. The van der Waals surface area contributed by atoms with E-state index in [9.17, 15) is 9.59 Å². The second-order valence-corrected chi connectivity index (χ2v) is 7.85. The fourth-order valence-electron chi connectivity index (χ4n) is 4.12. The number of anilines is 1. The summed E-state index contributed by atoms with van der Waals surface area (Å²) in [5.74, 6) is 1.10. The molecule has 1 aliphatic rings. The maximum absolute atomic E-state index is 12.7. The highest BCUT2D eigenvalue weighted by molar-refractivity contribution is 6.11. The van der Waals surface area contributed by atoms with Gasteiger partial charge in [-0.1, -0.05) is 6.92 Å². The van der Waals surface area contributed by atoms with Crippen molar-refractivity contribution >= 4 is 28.5 Å². The summed E-state index contributed by atoms with van der Waals surface area (Å²) in [5, 5.41) is 3.60. The lowest BCUT2D eigenvalue weighted by atomic mass is 10.0. The van der Waals surface area contributed by atoms with Crippen molar-refractivity contribution in [2.75, 3.05) is 45.8 Å². The van der Waals surface area contributed by atoms with Crippen molar-refractivity contribution in [2.24, 2.45) is 5.92 Å². The molecule has 2 atom stereocenters. The van der Waals surface area contributed by atoms with Gasteiger partial charge in [0.25, 0.3) is 0 Å². The number of hydrogen-bond donors (Lipinski definition) is 3. The largest absolute Gasteiger partial charge is 0.493 e. The number of piperidine rings is 1. The lowest BCUT2D eigenvalue weighted by Crippen LogP contribution is -3.13. The predicted octanol–water partition coefficient (Wildman–Crippen LogP) is 2.01. The Morgan fingerprint density at radius 3 is 2.63 bits per heavy atom. The van der Waals surface area contributed by atoms with E-state index < -0.39 is 5.97 Å². The van der Waals surface area contributed by atoms with Crippen molar-refractivity contribution in [2.45, 2.75) is 33.1 Å². The van der Waals surface area contributed by atoms with Crippen LogP contribution in [0.1, 0.15) is 43.6 Å². The molecule has 8 heteroatoms. The molecule has 1 amide bonds. The number of carbonyl (C=O) groups is 2. The molecule has 1 aromatic heterocycles. The molecule has 1 unspecified atom stereocenters. The molecule has 1 aliphatic heterocycles. The van der Waals surface area contributed by atoms with E-state index in [1.807, 2.05) is 0 Å². The third-order valence-corrected chi connectivity index (χ3v) is 5.62. The Kier molecular flexibility index (Phi) is 7.20. The maximum atomic E-state index is 12.7. The number of esters is 1. The Morgan fingerprint density at radius 2 is 1.97 bits per heavy atom. The van der Waals surface area contributed by atoms with Gasteiger partial charge in [0.15, 0.2) is 11.5 Å². The highest BCUT2D eigenvalue weighted by Gasteiger charge is 2.24. The number of fused-ring (bicyclic) bond motifs is 1. The van der Waals surface area contributed by atoms with E-state index >= 15 is 0 Å². The van der Waals surface area contributed by atoms with Crippen LogP contribution in [0.25, 0.3) is 10.9 Å². The molecule has 0 spiro atoms. The van der Waals surface area contributed by atoms with Crippen LogP contribution >= 0.6 is 0 Å². The molecule has 0 radical (unpaired) electrons. The first-order valence-electron chi connectivity index (χ1n) is 10.5. The van der Waals surface area contributed by atoms with Crippen molar-refractivity contribution in [1.29, 1.82) is 0 Å². The highest BCUT2D eigenvalue weighted by Crippen LogP contribution is 2.37. The van der Waals surface area contributed by atoms with Gasteiger partial charge in [-0.15, -0.1) is 0 Å². The summed E-state index contributed by atoms with van der Waals surface area (Å²) in [7, 11) is 3.09. The van der Waals surface area contributed by atoms with Gasteiger partial charge in [-0.3, -0.25) is 4.79 Å². The summed E-state index contributed by atoms with van der Waals surface area (Å²) < 4.78 is 15.9. The summed E-state index contributed by atoms with van der Waals surface area (Å²) in [5.41, 5.74) is 1.28. The van der Waals surface area contributed by atoms with Crippen LogP contribution in [0.2, 0.25) is 0 Å². The van der Waals surface area contributed by atoms with Gasteiger partial charge in [-0.25, -0.2) is 4.79 Å². The van der Waals surface area contributed by atoms with Crippen LogP contribution in [-0.4, -0.2) is 57.3 Å². The molecular formula is C22H32N3O5+. The van der Waals surface area contributed by atoms with Crippen molar-refractivity contribution in [3.05, 3.63) is 17.8 Å². The van der Waals surface area contributed by atoms with Crippen molar-refractivity contribution in [1.82, 2.24) is 4.98 Å². The third kappa shape index (κ3) is 4.87. The number of quaternary nitrogens is 1. The Hall–Kier alpha value is -2.74. The molecule has 3 N–H and O–H groups in total. The SMILES string of the molecule is CCOC(=O)c1[nH]c2cc(OC)c(OC)cc2c1NC(=O)CC[NH+]1CCC[C@H](C)C1. The molecule has 0 aliphatic carbocycles. The van der Waals surface area contributed by atoms with Crippen LogP contribution in [0, 0.1) is 5.92 Å². The number of methoxy groups -OCH3 is 2. The molecule has 0 saturated carbocycles. The monoisotopic (exact) mass is 418 g/mol. The zero-order valence-electron chi connectivity index (χ0n) is 18.2. The Morgan fingerprint density at radius 1 is 1.23 bits per heavy atom. The number of amides is 1. The van der Waals surface area contributed by atoms with E-state index in [0.717, 1.165) is 19.6 Å². The third-order valence-electron chi connectivity index (χ3n) is 5.62. The highest BCUT2D eigenvalue weighted by atomic mass is 16.5. The zero-order valence-corrected chi connectivity index (χ0v) is 18.2. The number of nitrogens with one attached hydrogen (secondary N) is 3. The molecule has 2 heterocycles. The number of rotatable bonds is 8. The molecule has 1 fully saturated rings. The van der Waals surface area contributed by atoms with E-state index in [1.54, 1.807) is 33.3 Å². The molecule has 8 nitrogen and oxygen atoms in total. The number of hydrogen-bond acceptors (Lipinski definition) is 5. The standard InChI is InChI=1S/C22H31N3O5/c1-5-30-22(27)21-20(15-11-17(28-3)18(29-4)12-16(15)23-21)24-19(26)8-10-25-9-6-7-14(2)13-25/h11-12,14,23H,5-10,13H2,1-4H3,(H,24,26)/p+1/t14-/m0/s1. The Bertz CT molecular complexity index is 908. The normalized spacial score (nSPS) is 18.8. The van der Waals surface area contributed by atoms with E-state index in [1.165, 1.54) is 17.7 Å². The van der Waals surface area contributed by atoms with Gasteiger partial charge >= 0.3 is 5.97 Å². The minimum absolute atomic E-state index is 0.123. The lowest BCUT2D eigenvalue weighted by Gasteiger charge is -2.27. The molecular weight excluding hydrogens is 386 g/mol. The Labute approximate surface area is 176 Å². The summed E-state index contributed by atoms with van der Waals surface area (Å²) in [6.45, 7) is 7.24. The molecule has 2 aromatic rings. The Balaban J connectivity index is 1.85. The molecule has 30 heavy (non-hydrogen) atoms. The van der Waals surface area contributed by atoms with Crippen molar-refractivity contribution < 1.29 is 28.7 Å². The van der Waals surface area contributed by atoms with Gasteiger partial charge in [0.1, 0.15) is 5.69 Å². The van der Waals surface area contributed by atoms with Crippen LogP contribution in [-0.2, 0) is 9.53 Å². The summed E-state index contributed by atoms with van der Waals surface area (Å²) >= 11 is 0. The summed E-state index contributed by atoms with van der Waals surface area (Å²) in [6.07, 6.45) is 2.86. The predicted molar refractivity (Wildman–Crippen MR) is 115 cm³/mol. The molecule has 0 bridgehead atoms. The minimum Gasteiger partial charge on any atom is -0.493 e. The van der Waals surface area contributed by atoms with Gasteiger partial charge in [-0.2, -0.15) is 0 Å². The number of benzene rings is 1. The number of H-pyrrole nitrogens is 1. The van der Waals surface area contributed by atoms with Crippen LogP contribution in [0.3, 0.4) is 0 Å². The van der Waals surface area contributed by atoms with Gasteiger partial charge in [0.2, 0.25) is 5.91 Å². The van der Waals surface area contributed by atoms with Crippen LogP contribution in [0.15, 0.2) is 12.1 Å². The van der Waals surface area contributed by atoms with Gasteiger partial charge < -0.3 is 29.4 Å². The average molecular weight is 419 g/mol. The van der Waals surface area contributed by atoms with Crippen molar-refractivity contribution in [3.63, 3.8) is 0 Å². The quantitative estimate of drug-likeness (QED) is 0.570. The van der Waals surface area contributed by atoms with Crippen LogP contribution in [0.4, 0.5) is 5.69 Å². The number of carbonyl (C=O) groups excluding carboxylic acids is 2. The summed E-state index contributed by atoms with van der Waals surface area (Å²) in [4.78, 5) is 29.8. The summed E-state index contributed by atoms with van der Waals surface area (Å²) in [6, 6.07) is 3.49. The first-order chi connectivity index (χ1) is 14.5. The fraction of sp³-hybridized carbons (Fsp3) is 0.545. The van der Waals surface area contributed by atoms with E-state index in [-0.39, 0.29) is 18.2 Å². The first kappa shape index (κ1) is 22.0. The number of likely N-dealkylation sites (tertiary alicyclic amines) is 1. The number of aromatic amines is 1. The van der Waals surface area contributed by atoms with Crippen LogP contribution in [0.5, 0.6) is 11.5 Å². The first-order valence-corrected chi connectivity index (χ1v) is 10.5. The van der Waals surface area contributed by atoms with E-state index in [4.69, 9.17) is 14.2 Å². The number of aromatic nitrogens is 1. The second-order valence-electron chi connectivity index (χ2n) is 7.85. The molecule has 1 aromatic carbocycles. The molecule has 3 rings (SSSR count).